The Hall–Kier alpha value is -2.07. The van der Waals surface area contributed by atoms with Crippen molar-refractivity contribution in [2.45, 2.75) is 13.0 Å². The Morgan fingerprint density at radius 1 is 1.10 bits per heavy atom. The average molecular weight is 272 g/mol. The van der Waals surface area contributed by atoms with E-state index in [-0.39, 0.29) is 6.04 Å². The molecule has 4 heteroatoms. The molecule has 1 N–H and O–H groups in total. The van der Waals surface area contributed by atoms with Gasteiger partial charge in [-0.15, -0.1) is 0 Å². The van der Waals surface area contributed by atoms with Gasteiger partial charge in [0.05, 0.1) is 7.11 Å². The molecule has 0 fully saturated rings. The van der Waals surface area contributed by atoms with E-state index in [0.717, 1.165) is 18.0 Å². The van der Waals surface area contributed by atoms with Crippen LogP contribution in [0.15, 0.2) is 48.8 Å². The van der Waals surface area contributed by atoms with E-state index in [1.54, 1.807) is 19.5 Å². The molecule has 0 radical (unpaired) electrons. The molecule has 0 bridgehead atoms. The first-order valence-electron chi connectivity index (χ1n) is 6.70. The second kappa shape index (κ2) is 7.50. The van der Waals surface area contributed by atoms with Crippen molar-refractivity contribution in [2.24, 2.45) is 0 Å². The third-order valence-electron chi connectivity index (χ3n) is 3.09. The number of benzene rings is 1. The van der Waals surface area contributed by atoms with E-state index < -0.39 is 0 Å². The van der Waals surface area contributed by atoms with E-state index in [9.17, 15) is 0 Å². The predicted molar refractivity (Wildman–Crippen MR) is 79.1 cm³/mol. The lowest BCUT2D eigenvalue weighted by Gasteiger charge is -2.15. The third kappa shape index (κ3) is 3.96. The van der Waals surface area contributed by atoms with Crippen LogP contribution in [0, 0.1) is 0 Å². The topological polar surface area (TPSA) is 43.4 Å². The van der Waals surface area contributed by atoms with Gasteiger partial charge in [-0.2, -0.15) is 0 Å². The molecule has 20 heavy (non-hydrogen) atoms. The minimum Gasteiger partial charge on any atom is -0.493 e. The molecule has 0 saturated heterocycles. The fraction of sp³-hybridized carbons (Fsp3) is 0.312. The average Bonchev–Trinajstić information content (AvgIpc) is 2.52. The number of hydrogen-bond acceptors (Lipinski definition) is 4. The molecule has 0 aliphatic rings. The van der Waals surface area contributed by atoms with E-state index >= 15 is 0 Å². The van der Waals surface area contributed by atoms with Gasteiger partial charge in [0.15, 0.2) is 11.5 Å². The largest absolute Gasteiger partial charge is 0.493 e. The van der Waals surface area contributed by atoms with Crippen LogP contribution in [0.25, 0.3) is 0 Å². The Labute approximate surface area is 119 Å². The number of methoxy groups -OCH3 is 1. The number of rotatable bonds is 7. The van der Waals surface area contributed by atoms with E-state index in [1.165, 1.54) is 5.56 Å². The summed E-state index contributed by atoms with van der Waals surface area (Å²) in [6.45, 7) is 3.48. The zero-order valence-corrected chi connectivity index (χ0v) is 11.9. The molecule has 1 atom stereocenters. The second-order valence-electron chi connectivity index (χ2n) is 4.46. The minimum atomic E-state index is 0.277. The first-order valence-corrected chi connectivity index (χ1v) is 6.70. The maximum absolute atomic E-state index is 5.71. The molecule has 1 aromatic carbocycles. The molecule has 0 amide bonds. The van der Waals surface area contributed by atoms with Crippen LogP contribution < -0.4 is 14.8 Å². The fourth-order valence-electron chi connectivity index (χ4n) is 1.94. The summed E-state index contributed by atoms with van der Waals surface area (Å²) in [4.78, 5) is 4.02. The normalized spacial score (nSPS) is 11.9. The molecule has 1 heterocycles. The maximum Gasteiger partial charge on any atom is 0.161 e. The summed E-state index contributed by atoms with van der Waals surface area (Å²) in [6.07, 6.45) is 3.61. The summed E-state index contributed by atoms with van der Waals surface area (Å²) in [7, 11) is 1.64. The molecular formula is C16H20N2O2. The van der Waals surface area contributed by atoms with E-state index in [1.807, 2.05) is 36.4 Å². The van der Waals surface area contributed by atoms with Crippen molar-refractivity contribution >= 4 is 0 Å². The highest BCUT2D eigenvalue weighted by Gasteiger charge is 2.05. The molecule has 4 nitrogen and oxygen atoms in total. The van der Waals surface area contributed by atoms with Gasteiger partial charge in [0.2, 0.25) is 0 Å². The molecule has 0 aliphatic carbocycles. The van der Waals surface area contributed by atoms with Crippen molar-refractivity contribution in [3.8, 4) is 11.5 Å². The van der Waals surface area contributed by atoms with Crippen LogP contribution in [-0.2, 0) is 0 Å². The van der Waals surface area contributed by atoms with Gasteiger partial charge in [-0.1, -0.05) is 12.1 Å². The van der Waals surface area contributed by atoms with Gasteiger partial charge in [0.25, 0.3) is 0 Å². The summed E-state index contributed by atoms with van der Waals surface area (Å²) in [5.74, 6) is 1.53. The van der Waals surface area contributed by atoms with Crippen LogP contribution in [0.5, 0.6) is 11.5 Å². The molecule has 1 unspecified atom stereocenters. The number of nitrogens with one attached hydrogen (secondary N) is 1. The number of ether oxygens (including phenoxy) is 2. The molecule has 106 valence electrons. The van der Waals surface area contributed by atoms with Gasteiger partial charge < -0.3 is 14.8 Å². The van der Waals surface area contributed by atoms with E-state index in [0.29, 0.717) is 6.61 Å². The Bertz CT molecular complexity index is 517. The molecule has 2 aromatic rings. The molecule has 0 spiro atoms. The first-order chi connectivity index (χ1) is 9.81. The number of pyridine rings is 1. The molecular weight excluding hydrogens is 252 g/mol. The zero-order valence-electron chi connectivity index (χ0n) is 11.9. The van der Waals surface area contributed by atoms with Crippen molar-refractivity contribution in [1.29, 1.82) is 0 Å². The number of aromatic nitrogens is 1. The highest BCUT2D eigenvalue weighted by molar-refractivity contribution is 5.39. The lowest BCUT2D eigenvalue weighted by Crippen LogP contribution is -2.24. The maximum atomic E-state index is 5.71. The highest BCUT2D eigenvalue weighted by Crippen LogP contribution is 2.25. The summed E-state index contributed by atoms with van der Waals surface area (Å²) in [5.41, 5.74) is 1.22. The number of hydrogen-bond donors (Lipinski definition) is 1. The standard InChI is InChI=1S/C16H20N2O2/c1-13(14-7-9-17-10-8-14)18-11-12-20-16-6-4-3-5-15(16)19-2/h3-10,13,18H,11-12H2,1-2H3. The van der Waals surface area contributed by atoms with Gasteiger partial charge in [0.1, 0.15) is 6.61 Å². The van der Waals surface area contributed by atoms with Crippen LogP contribution in [0.4, 0.5) is 0 Å². The quantitative estimate of drug-likeness (QED) is 0.787. The van der Waals surface area contributed by atoms with E-state index in [2.05, 4.69) is 17.2 Å². The third-order valence-corrected chi connectivity index (χ3v) is 3.09. The molecule has 2 rings (SSSR count). The smallest absolute Gasteiger partial charge is 0.161 e. The molecule has 1 aromatic heterocycles. The van der Waals surface area contributed by atoms with Gasteiger partial charge in [0, 0.05) is 25.0 Å². The lowest BCUT2D eigenvalue weighted by atomic mass is 10.1. The second-order valence-corrected chi connectivity index (χ2v) is 4.46. The summed E-state index contributed by atoms with van der Waals surface area (Å²) < 4.78 is 11.0. The van der Waals surface area contributed by atoms with Crippen LogP contribution in [-0.4, -0.2) is 25.2 Å². The Kier molecular flexibility index (Phi) is 5.38. The van der Waals surface area contributed by atoms with Crippen molar-refractivity contribution in [3.05, 3.63) is 54.4 Å². The highest BCUT2D eigenvalue weighted by atomic mass is 16.5. The van der Waals surface area contributed by atoms with Crippen LogP contribution in [0.1, 0.15) is 18.5 Å². The van der Waals surface area contributed by atoms with Crippen molar-refractivity contribution in [2.75, 3.05) is 20.3 Å². The molecule has 0 aliphatic heterocycles. The monoisotopic (exact) mass is 272 g/mol. The van der Waals surface area contributed by atoms with Crippen LogP contribution >= 0.6 is 0 Å². The van der Waals surface area contributed by atoms with Crippen LogP contribution in [0.3, 0.4) is 0 Å². The number of para-hydroxylation sites is 2. The first kappa shape index (κ1) is 14.3. The Balaban J connectivity index is 1.76. The van der Waals surface area contributed by atoms with Crippen LogP contribution in [0.2, 0.25) is 0 Å². The van der Waals surface area contributed by atoms with Gasteiger partial charge in [-0.25, -0.2) is 0 Å². The van der Waals surface area contributed by atoms with Crippen molar-refractivity contribution < 1.29 is 9.47 Å². The Morgan fingerprint density at radius 3 is 2.50 bits per heavy atom. The van der Waals surface area contributed by atoms with Gasteiger partial charge >= 0.3 is 0 Å². The number of nitrogens with zero attached hydrogens (tertiary/aromatic N) is 1. The zero-order chi connectivity index (χ0) is 14.2. The lowest BCUT2D eigenvalue weighted by molar-refractivity contribution is 0.288. The fourth-order valence-corrected chi connectivity index (χ4v) is 1.94. The van der Waals surface area contributed by atoms with Gasteiger partial charge in [-0.3, -0.25) is 4.98 Å². The van der Waals surface area contributed by atoms with E-state index in [4.69, 9.17) is 9.47 Å². The van der Waals surface area contributed by atoms with Crippen molar-refractivity contribution in [1.82, 2.24) is 10.3 Å². The summed E-state index contributed by atoms with van der Waals surface area (Å²) >= 11 is 0. The summed E-state index contributed by atoms with van der Waals surface area (Å²) in [5, 5.41) is 3.41. The molecule has 0 saturated carbocycles. The predicted octanol–water partition coefficient (Wildman–Crippen LogP) is 2.82. The Morgan fingerprint density at radius 2 is 1.80 bits per heavy atom. The minimum absolute atomic E-state index is 0.277. The summed E-state index contributed by atoms with van der Waals surface area (Å²) in [6, 6.07) is 12.0. The van der Waals surface area contributed by atoms with Gasteiger partial charge in [-0.05, 0) is 36.8 Å². The van der Waals surface area contributed by atoms with Crippen molar-refractivity contribution in [3.63, 3.8) is 0 Å². The SMILES string of the molecule is COc1ccccc1OCCNC(C)c1ccncc1.